The van der Waals surface area contributed by atoms with Crippen LogP contribution in [0.15, 0.2) is 24.3 Å². The average Bonchev–Trinajstić information content (AvgIpc) is 2.52. The van der Waals surface area contributed by atoms with E-state index in [0.717, 1.165) is 48.7 Å². The summed E-state index contributed by atoms with van der Waals surface area (Å²) in [5.41, 5.74) is 5.20. The Morgan fingerprint density at radius 2 is 1.77 bits per heavy atom. The molecule has 0 aliphatic carbocycles. The first kappa shape index (κ1) is 15.6. The molecule has 0 radical (unpaired) electrons. The lowest BCUT2D eigenvalue weighted by Crippen LogP contribution is -2.43. The van der Waals surface area contributed by atoms with Crippen molar-refractivity contribution < 1.29 is 0 Å². The fourth-order valence-corrected chi connectivity index (χ4v) is 3.33. The quantitative estimate of drug-likeness (QED) is 0.896. The van der Waals surface area contributed by atoms with E-state index >= 15 is 0 Å². The smallest absolute Gasteiger partial charge is 0.0671 e. The molecule has 3 nitrogen and oxygen atoms in total. The molecule has 0 saturated carbocycles. The molecule has 22 heavy (non-hydrogen) atoms. The van der Waals surface area contributed by atoms with Gasteiger partial charge in [-0.25, -0.2) is 0 Å². The van der Waals surface area contributed by atoms with Crippen molar-refractivity contribution in [1.29, 1.82) is 0 Å². The van der Waals surface area contributed by atoms with Crippen LogP contribution < -0.4 is 10.2 Å². The predicted molar refractivity (Wildman–Crippen MR) is 94.2 cm³/mol. The maximum atomic E-state index is 6.39. The van der Waals surface area contributed by atoms with E-state index in [-0.39, 0.29) is 0 Å². The lowest BCUT2D eigenvalue weighted by atomic mass is 10.0. The molecule has 1 aromatic carbocycles. The van der Waals surface area contributed by atoms with Crippen LogP contribution in [0, 0.1) is 13.8 Å². The minimum Gasteiger partial charge on any atom is -0.368 e. The lowest BCUT2D eigenvalue weighted by molar-refractivity contribution is 0.587. The molecule has 1 fully saturated rings. The molecular weight excluding hydrogens is 317 g/mol. The number of aromatic nitrogens is 1. The average molecular weight is 336 g/mol. The number of piperazine rings is 1. The summed E-state index contributed by atoms with van der Waals surface area (Å²) in [6.07, 6.45) is 0. The van der Waals surface area contributed by atoms with E-state index in [1.165, 1.54) is 5.69 Å². The van der Waals surface area contributed by atoms with Gasteiger partial charge in [0.15, 0.2) is 0 Å². The van der Waals surface area contributed by atoms with Crippen LogP contribution in [0.3, 0.4) is 0 Å². The van der Waals surface area contributed by atoms with Gasteiger partial charge >= 0.3 is 0 Å². The first-order chi connectivity index (χ1) is 10.6. The predicted octanol–water partition coefficient (Wildman–Crippen LogP) is 4.08. The van der Waals surface area contributed by atoms with Crippen LogP contribution in [-0.2, 0) is 0 Å². The van der Waals surface area contributed by atoms with Crippen molar-refractivity contribution in [1.82, 2.24) is 10.3 Å². The monoisotopic (exact) mass is 335 g/mol. The number of hydrogen-bond donors (Lipinski definition) is 1. The summed E-state index contributed by atoms with van der Waals surface area (Å²) in [5, 5.41) is 4.54. The van der Waals surface area contributed by atoms with Gasteiger partial charge in [-0.1, -0.05) is 35.3 Å². The third kappa shape index (κ3) is 2.94. The first-order valence-electron chi connectivity index (χ1n) is 7.46. The summed E-state index contributed by atoms with van der Waals surface area (Å²) in [5.74, 6) is 0. The summed E-state index contributed by atoms with van der Waals surface area (Å²) in [4.78, 5) is 7.11. The summed E-state index contributed by atoms with van der Waals surface area (Å²) in [6, 6.07) is 7.92. The van der Waals surface area contributed by atoms with Gasteiger partial charge in [-0.3, -0.25) is 4.98 Å². The van der Waals surface area contributed by atoms with Crippen molar-refractivity contribution in [3.63, 3.8) is 0 Å². The minimum atomic E-state index is 0.572. The minimum absolute atomic E-state index is 0.572. The standard InChI is InChI=1S/C17H19Cl2N3/c1-11-14(13-4-3-5-15(18)17(13)19)10-16(12(2)21-11)22-8-6-20-7-9-22/h3-5,10,20H,6-9H2,1-2H3. The highest BCUT2D eigenvalue weighted by atomic mass is 35.5. The van der Waals surface area contributed by atoms with Crippen LogP contribution in [0.5, 0.6) is 0 Å². The Hall–Kier alpha value is -1.29. The van der Waals surface area contributed by atoms with E-state index in [0.29, 0.717) is 10.0 Å². The highest BCUT2D eigenvalue weighted by Gasteiger charge is 2.17. The normalized spacial score (nSPS) is 15.2. The van der Waals surface area contributed by atoms with E-state index in [1.807, 2.05) is 25.1 Å². The summed E-state index contributed by atoms with van der Waals surface area (Å²) in [7, 11) is 0. The van der Waals surface area contributed by atoms with Crippen molar-refractivity contribution >= 4 is 28.9 Å². The van der Waals surface area contributed by atoms with Crippen LogP contribution in [0.25, 0.3) is 11.1 Å². The Balaban J connectivity index is 2.10. The Kier molecular flexibility index (Phi) is 4.57. The molecule has 1 N–H and O–H groups in total. The van der Waals surface area contributed by atoms with Gasteiger partial charge in [0.05, 0.1) is 21.4 Å². The number of hydrogen-bond acceptors (Lipinski definition) is 3. The number of nitrogens with zero attached hydrogens (tertiary/aromatic N) is 2. The van der Waals surface area contributed by atoms with Crippen molar-refractivity contribution in [2.45, 2.75) is 13.8 Å². The largest absolute Gasteiger partial charge is 0.368 e. The van der Waals surface area contributed by atoms with Crippen LogP contribution in [0.2, 0.25) is 10.0 Å². The number of anilines is 1. The Bertz CT molecular complexity index is 695. The zero-order valence-electron chi connectivity index (χ0n) is 12.8. The molecule has 0 atom stereocenters. The van der Waals surface area contributed by atoms with Gasteiger partial charge in [0.2, 0.25) is 0 Å². The molecule has 116 valence electrons. The Morgan fingerprint density at radius 1 is 1.05 bits per heavy atom. The van der Waals surface area contributed by atoms with Crippen molar-refractivity contribution in [2.75, 3.05) is 31.1 Å². The van der Waals surface area contributed by atoms with Gasteiger partial charge < -0.3 is 10.2 Å². The topological polar surface area (TPSA) is 28.2 Å². The summed E-state index contributed by atoms with van der Waals surface area (Å²) >= 11 is 12.6. The molecule has 0 bridgehead atoms. The molecule has 3 rings (SSSR count). The van der Waals surface area contributed by atoms with Gasteiger partial charge in [-0.15, -0.1) is 0 Å². The molecule has 0 spiro atoms. The van der Waals surface area contributed by atoms with E-state index in [9.17, 15) is 0 Å². The summed E-state index contributed by atoms with van der Waals surface area (Å²) in [6.45, 7) is 8.07. The Morgan fingerprint density at radius 3 is 2.50 bits per heavy atom. The summed E-state index contributed by atoms with van der Waals surface area (Å²) < 4.78 is 0. The van der Waals surface area contributed by atoms with E-state index in [4.69, 9.17) is 28.2 Å². The zero-order chi connectivity index (χ0) is 15.7. The lowest BCUT2D eigenvalue weighted by Gasteiger charge is -2.31. The zero-order valence-corrected chi connectivity index (χ0v) is 14.3. The molecule has 0 amide bonds. The van der Waals surface area contributed by atoms with Gasteiger partial charge in [0.25, 0.3) is 0 Å². The highest BCUT2D eigenvalue weighted by Crippen LogP contribution is 2.37. The first-order valence-corrected chi connectivity index (χ1v) is 8.22. The third-order valence-electron chi connectivity index (χ3n) is 4.08. The second-order valence-electron chi connectivity index (χ2n) is 5.56. The van der Waals surface area contributed by atoms with Gasteiger partial charge in [0, 0.05) is 43.0 Å². The fraction of sp³-hybridized carbons (Fsp3) is 0.353. The maximum Gasteiger partial charge on any atom is 0.0671 e. The fourth-order valence-electron chi connectivity index (χ4n) is 2.92. The highest BCUT2D eigenvalue weighted by molar-refractivity contribution is 6.43. The number of halogens is 2. The van der Waals surface area contributed by atoms with Crippen molar-refractivity contribution in [3.05, 3.63) is 45.7 Å². The molecule has 0 unspecified atom stereocenters. The van der Waals surface area contributed by atoms with Crippen LogP contribution in [-0.4, -0.2) is 31.2 Å². The number of nitrogens with one attached hydrogen (secondary N) is 1. The molecular formula is C17H19Cl2N3. The van der Waals surface area contributed by atoms with Gasteiger partial charge in [-0.05, 0) is 26.0 Å². The van der Waals surface area contributed by atoms with E-state index in [2.05, 4.69) is 23.2 Å². The molecule has 2 aromatic rings. The van der Waals surface area contributed by atoms with Crippen LogP contribution in [0.4, 0.5) is 5.69 Å². The van der Waals surface area contributed by atoms with Crippen molar-refractivity contribution in [3.8, 4) is 11.1 Å². The number of benzene rings is 1. The van der Waals surface area contributed by atoms with Gasteiger partial charge in [-0.2, -0.15) is 0 Å². The van der Waals surface area contributed by atoms with Crippen LogP contribution >= 0.6 is 23.2 Å². The third-order valence-corrected chi connectivity index (χ3v) is 4.90. The second-order valence-corrected chi connectivity index (χ2v) is 6.35. The molecule has 5 heteroatoms. The number of rotatable bonds is 2. The molecule has 1 aromatic heterocycles. The van der Waals surface area contributed by atoms with Gasteiger partial charge in [0.1, 0.15) is 0 Å². The molecule has 1 aliphatic rings. The second kappa shape index (κ2) is 6.45. The molecule has 1 aliphatic heterocycles. The Labute approximate surface area is 141 Å². The van der Waals surface area contributed by atoms with E-state index in [1.54, 1.807) is 0 Å². The van der Waals surface area contributed by atoms with E-state index < -0.39 is 0 Å². The van der Waals surface area contributed by atoms with Crippen LogP contribution in [0.1, 0.15) is 11.4 Å². The molecule has 1 saturated heterocycles. The SMILES string of the molecule is Cc1nc(C)c(N2CCNCC2)cc1-c1cccc(Cl)c1Cl. The number of aryl methyl sites for hydroxylation is 2. The van der Waals surface area contributed by atoms with Crippen molar-refractivity contribution in [2.24, 2.45) is 0 Å². The molecule has 2 heterocycles. The number of pyridine rings is 1. The maximum absolute atomic E-state index is 6.39.